The summed E-state index contributed by atoms with van der Waals surface area (Å²) in [5.41, 5.74) is -0.618. The van der Waals surface area contributed by atoms with Gasteiger partial charge in [0, 0.05) is 12.0 Å². The summed E-state index contributed by atoms with van der Waals surface area (Å²) < 4.78 is 18.4. The topological polar surface area (TPSA) is 27.7 Å². The predicted molar refractivity (Wildman–Crippen MR) is 97.8 cm³/mol. The zero-order valence-electron chi connectivity index (χ0n) is 15.5. The van der Waals surface area contributed by atoms with Crippen LogP contribution < -0.4 is 0 Å². The van der Waals surface area contributed by atoms with Gasteiger partial charge in [-0.3, -0.25) is 0 Å². The van der Waals surface area contributed by atoms with Crippen molar-refractivity contribution in [3.8, 4) is 0 Å². The maximum atomic E-state index is 6.23. The van der Waals surface area contributed by atoms with Crippen LogP contribution in [0.4, 0.5) is 0 Å². The highest BCUT2D eigenvalue weighted by Gasteiger charge is 2.50. The number of halogens is 1. The minimum Gasteiger partial charge on any atom is -0.411 e. The fourth-order valence-electron chi connectivity index (χ4n) is 2.63. The van der Waals surface area contributed by atoms with Crippen molar-refractivity contribution in [2.75, 3.05) is 5.88 Å². The molecule has 1 aliphatic rings. The SMILES string of the molecule is CC(C)O[Si](C)(C)/C(=C/B1OC(C)(C)C(C)(C)O1)CCCCl. The second kappa shape index (κ2) is 7.39. The van der Waals surface area contributed by atoms with Crippen molar-refractivity contribution in [3.63, 3.8) is 0 Å². The van der Waals surface area contributed by atoms with Crippen molar-refractivity contribution in [2.24, 2.45) is 0 Å². The Hall–Kier alpha value is 0.192. The molecule has 3 nitrogen and oxygen atoms in total. The molecule has 1 fully saturated rings. The maximum Gasteiger partial charge on any atom is 0.486 e. The predicted octanol–water partition coefficient (Wildman–Crippen LogP) is 4.73. The summed E-state index contributed by atoms with van der Waals surface area (Å²) >= 11 is 5.89. The van der Waals surface area contributed by atoms with Crippen LogP contribution in [0.25, 0.3) is 0 Å². The van der Waals surface area contributed by atoms with Crippen LogP contribution in [-0.4, -0.2) is 38.6 Å². The smallest absolute Gasteiger partial charge is 0.411 e. The lowest BCUT2D eigenvalue weighted by Gasteiger charge is -2.32. The second-order valence-electron chi connectivity index (χ2n) is 7.79. The lowest BCUT2D eigenvalue weighted by molar-refractivity contribution is 0.00578. The summed E-state index contributed by atoms with van der Waals surface area (Å²) in [4.78, 5) is 0. The Balaban J connectivity index is 2.97. The van der Waals surface area contributed by atoms with Gasteiger partial charge in [-0.15, -0.1) is 11.6 Å². The van der Waals surface area contributed by atoms with E-state index in [0.29, 0.717) is 5.88 Å². The van der Waals surface area contributed by atoms with Gasteiger partial charge in [0.1, 0.15) is 0 Å². The van der Waals surface area contributed by atoms with E-state index in [2.05, 4.69) is 60.6 Å². The molecular formula is C16H32BClO3Si. The maximum absolute atomic E-state index is 6.23. The fourth-order valence-corrected chi connectivity index (χ4v) is 5.41. The molecule has 0 spiro atoms. The monoisotopic (exact) mass is 346 g/mol. The first kappa shape index (κ1) is 20.2. The van der Waals surface area contributed by atoms with Crippen molar-refractivity contribution in [2.45, 2.75) is 84.8 Å². The fraction of sp³-hybridized carbons (Fsp3) is 0.875. The standard InChI is InChI=1S/C16H32BClO3Si/c1-13(2)19-22(7,8)14(10-9-11-18)12-17-20-15(3,4)16(5,6)21-17/h12-13H,9-11H2,1-8H3/b14-12+. The molecule has 22 heavy (non-hydrogen) atoms. The van der Waals surface area contributed by atoms with Crippen LogP contribution in [0.3, 0.4) is 0 Å². The van der Waals surface area contributed by atoms with Crippen LogP contribution in [0.1, 0.15) is 54.4 Å². The Morgan fingerprint density at radius 2 is 1.68 bits per heavy atom. The lowest BCUT2D eigenvalue weighted by atomic mass is 9.89. The van der Waals surface area contributed by atoms with Gasteiger partial charge in [0.05, 0.1) is 11.2 Å². The molecule has 1 saturated heterocycles. The van der Waals surface area contributed by atoms with E-state index < -0.39 is 8.32 Å². The van der Waals surface area contributed by atoms with Gasteiger partial charge in [0.25, 0.3) is 0 Å². The molecule has 0 atom stereocenters. The van der Waals surface area contributed by atoms with Crippen LogP contribution in [0, 0.1) is 0 Å². The summed E-state index contributed by atoms with van der Waals surface area (Å²) in [5, 5.41) is 1.32. The van der Waals surface area contributed by atoms with Crippen LogP contribution in [-0.2, 0) is 13.7 Å². The molecule has 6 heteroatoms. The van der Waals surface area contributed by atoms with E-state index in [4.69, 9.17) is 25.3 Å². The summed E-state index contributed by atoms with van der Waals surface area (Å²) in [7, 11) is -2.26. The molecule has 128 valence electrons. The molecule has 0 saturated carbocycles. The van der Waals surface area contributed by atoms with Gasteiger partial charge in [-0.2, -0.15) is 0 Å². The highest BCUT2D eigenvalue weighted by Crippen LogP contribution is 2.38. The summed E-state index contributed by atoms with van der Waals surface area (Å²) in [6, 6.07) is 0. The van der Waals surface area contributed by atoms with Crippen LogP contribution >= 0.6 is 11.6 Å². The van der Waals surface area contributed by atoms with E-state index in [1.54, 1.807) is 0 Å². The van der Waals surface area contributed by atoms with Gasteiger partial charge < -0.3 is 13.7 Å². The van der Waals surface area contributed by atoms with Crippen LogP contribution in [0.2, 0.25) is 13.1 Å². The Labute approximate surface area is 143 Å². The quantitative estimate of drug-likeness (QED) is 0.492. The largest absolute Gasteiger partial charge is 0.486 e. The Kier molecular flexibility index (Phi) is 6.80. The van der Waals surface area contributed by atoms with E-state index in [1.807, 2.05) is 0 Å². The number of hydrogen-bond donors (Lipinski definition) is 0. The van der Waals surface area contributed by atoms with E-state index in [9.17, 15) is 0 Å². The first-order valence-corrected chi connectivity index (χ1v) is 11.7. The molecule has 1 aliphatic heterocycles. The minimum absolute atomic E-state index is 0.222. The zero-order chi connectivity index (χ0) is 17.2. The average molecular weight is 347 g/mol. The number of rotatable bonds is 7. The average Bonchev–Trinajstić information content (AvgIpc) is 2.51. The Bertz CT molecular complexity index is 392. The van der Waals surface area contributed by atoms with E-state index in [-0.39, 0.29) is 24.4 Å². The highest BCUT2D eigenvalue weighted by molar-refractivity contribution is 6.79. The summed E-state index contributed by atoms with van der Waals surface area (Å²) in [6.45, 7) is 16.9. The Morgan fingerprint density at radius 1 is 1.18 bits per heavy atom. The molecule has 0 aromatic rings. The molecule has 1 heterocycles. The molecule has 0 aromatic heterocycles. The van der Waals surface area contributed by atoms with Crippen molar-refractivity contribution in [1.82, 2.24) is 0 Å². The first-order valence-electron chi connectivity index (χ1n) is 8.22. The zero-order valence-corrected chi connectivity index (χ0v) is 17.2. The van der Waals surface area contributed by atoms with Crippen molar-refractivity contribution >= 4 is 27.0 Å². The van der Waals surface area contributed by atoms with E-state index in [0.717, 1.165) is 12.8 Å². The van der Waals surface area contributed by atoms with Gasteiger partial charge in [-0.1, -0.05) is 11.2 Å². The minimum atomic E-state index is -1.95. The molecule has 0 amide bonds. The summed E-state index contributed by atoms with van der Waals surface area (Å²) in [6.07, 6.45) is 2.11. The van der Waals surface area contributed by atoms with Gasteiger partial charge in [-0.25, -0.2) is 0 Å². The van der Waals surface area contributed by atoms with Crippen molar-refractivity contribution in [3.05, 3.63) is 11.2 Å². The van der Waals surface area contributed by atoms with Gasteiger partial charge in [0.15, 0.2) is 0 Å². The van der Waals surface area contributed by atoms with Crippen molar-refractivity contribution in [1.29, 1.82) is 0 Å². The number of hydrogen-bond acceptors (Lipinski definition) is 3. The lowest BCUT2D eigenvalue weighted by Crippen LogP contribution is -2.41. The molecule has 0 aromatic carbocycles. The summed E-state index contributed by atoms with van der Waals surface area (Å²) in [5.74, 6) is 2.80. The normalized spacial score (nSPS) is 21.7. The van der Waals surface area contributed by atoms with Crippen LogP contribution in [0.5, 0.6) is 0 Å². The molecule has 1 rings (SSSR count). The third-order valence-electron chi connectivity index (χ3n) is 4.49. The third-order valence-corrected chi connectivity index (χ3v) is 7.78. The number of alkyl halides is 1. The van der Waals surface area contributed by atoms with Gasteiger partial charge >= 0.3 is 7.12 Å². The van der Waals surface area contributed by atoms with E-state index in [1.165, 1.54) is 5.20 Å². The third kappa shape index (κ3) is 5.10. The molecule has 0 unspecified atom stereocenters. The Morgan fingerprint density at radius 3 is 2.09 bits per heavy atom. The van der Waals surface area contributed by atoms with E-state index >= 15 is 0 Å². The number of allylic oxidation sites excluding steroid dienone is 1. The molecule has 0 aliphatic carbocycles. The molecule has 0 radical (unpaired) electrons. The molecular weight excluding hydrogens is 315 g/mol. The van der Waals surface area contributed by atoms with Crippen LogP contribution in [0.15, 0.2) is 11.2 Å². The molecule has 0 N–H and O–H groups in total. The van der Waals surface area contributed by atoms with Crippen molar-refractivity contribution < 1.29 is 13.7 Å². The first-order chi connectivity index (χ1) is 9.91. The van der Waals surface area contributed by atoms with Gasteiger partial charge in [-0.05, 0) is 67.5 Å². The second-order valence-corrected chi connectivity index (χ2v) is 12.1. The highest BCUT2D eigenvalue weighted by atomic mass is 35.5. The van der Waals surface area contributed by atoms with Gasteiger partial charge in [0.2, 0.25) is 8.32 Å². The molecule has 0 bridgehead atoms.